The molecule has 0 heterocycles. The lowest BCUT2D eigenvalue weighted by Crippen LogP contribution is -1.95. The van der Waals surface area contributed by atoms with Crippen molar-refractivity contribution >= 4 is 17.7 Å². The number of hydrogen-bond acceptors (Lipinski definition) is 3. The fourth-order valence-electron chi connectivity index (χ4n) is 1.62. The van der Waals surface area contributed by atoms with Gasteiger partial charge in [0.1, 0.15) is 5.75 Å². The fraction of sp³-hybridized carbons (Fsp3) is 0.429. The van der Waals surface area contributed by atoms with E-state index in [2.05, 4.69) is 6.92 Å². The van der Waals surface area contributed by atoms with Crippen molar-refractivity contribution in [3.05, 3.63) is 23.3 Å². The zero-order valence-corrected chi connectivity index (χ0v) is 12.0. The van der Waals surface area contributed by atoms with Gasteiger partial charge in [-0.15, -0.1) is 11.6 Å². The molecule has 0 aliphatic carbocycles. The van der Waals surface area contributed by atoms with Gasteiger partial charge in [-0.2, -0.15) is 0 Å². The summed E-state index contributed by atoms with van der Waals surface area (Å²) in [5.74, 6) is 2.57. The van der Waals surface area contributed by atoms with Gasteiger partial charge in [0, 0.05) is 17.5 Å². The molecule has 0 unspecified atom stereocenters. The molecule has 0 bridgehead atoms. The standard InChI is InChI=1S/C14H19ClO3/c1-5-10(9-15)6-11-7-13(17-3)14(18-4)8-12(11)16-2/h6-8H,5,9H2,1-4H3. The molecule has 1 rings (SSSR count). The van der Waals surface area contributed by atoms with Crippen LogP contribution in [0, 0.1) is 0 Å². The highest BCUT2D eigenvalue weighted by Crippen LogP contribution is 2.35. The number of benzene rings is 1. The van der Waals surface area contributed by atoms with Crippen LogP contribution < -0.4 is 14.2 Å². The van der Waals surface area contributed by atoms with Gasteiger partial charge < -0.3 is 14.2 Å². The highest BCUT2D eigenvalue weighted by molar-refractivity contribution is 6.19. The first-order chi connectivity index (χ1) is 8.69. The van der Waals surface area contributed by atoms with Gasteiger partial charge in [0.25, 0.3) is 0 Å². The first-order valence-electron chi connectivity index (χ1n) is 5.75. The highest BCUT2D eigenvalue weighted by Gasteiger charge is 2.10. The van der Waals surface area contributed by atoms with Crippen molar-refractivity contribution in [1.82, 2.24) is 0 Å². The third kappa shape index (κ3) is 3.33. The second-order valence-corrected chi connectivity index (χ2v) is 4.01. The number of halogens is 1. The number of alkyl halides is 1. The van der Waals surface area contributed by atoms with Crippen LogP contribution in [-0.2, 0) is 0 Å². The average Bonchev–Trinajstić information content (AvgIpc) is 2.43. The van der Waals surface area contributed by atoms with Crippen molar-refractivity contribution in [1.29, 1.82) is 0 Å². The lowest BCUT2D eigenvalue weighted by Gasteiger charge is -2.12. The van der Waals surface area contributed by atoms with Gasteiger partial charge in [0.05, 0.1) is 21.3 Å². The maximum Gasteiger partial charge on any atom is 0.164 e. The molecular weight excluding hydrogens is 252 g/mol. The van der Waals surface area contributed by atoms with Crippen molar-refractivity contribution in [2.75, 3.05) is 27.2 Å². The summed E-state index contributed by atoms with van der Waals surface area (Å²) < 4.78 is 15.9. The van der Waals surface area contributed by atoms with Crippen LogP contribution in [0.5, 0.6) is 17.2 Å². The molecule has 0 aliphatic heterocycles. The normalized spacial score (nSPS) is 11.3. The summed E-state index contributed by atoms with van der Waals surface area (Å²) in [6, 6.07) is 3.70. The van der Waals surface area contributed by atoms with Crippen LogP contribution in [0.15, 0.2) is 17.7 Å². The van der Waals surface area contributed by atoms with E-state index in [4.69, 9.17) is 25.8 Å². The van der Waals surface area contributed by atoms with Crippen LogP contribution in [0.3, 0.4) is 0 Å². The lowest BCUT2D eigenvalue weighted by molar-refractivity contribution is 0.348. The second kappa shape index (κ2) is 7.17. The molecule has 0 aromatic heterocycles. The van der Waals surface area contributed by atoms with Crippen molar-refractivity contribution in [2.24, 2.45) is 0 Å². The SMILES string of the molecule is CCC(=Cc1cc(OC)c(OC)cc1OC)CCl. The van der Waals surface area contributed by atoms with E-state index >= 15 is 0 Å². The number of ether oxygens (including phenoxy) is 3. The molecule has 4 heteroatoms. The molecule has 0 radical (unpaired) electrons. The minimum atomic E-state index is 0.508. The van der Waals surface area contributed by atoms with Crippen LogP contribution in [0.25, 0.3) is 6.08 Å². The van der Waals surface area contributed by atoms with Crippen LogP contribution in [0.1, 0.15) is 18.9 Å². The minimum Gasteiger partial charge on any atom is -0.496 e. The molecule has 100 valence electrons. The van der Waals surface area contributed by atoms with E-state index in [0.717, 1.165) is 23.3 Å². The Hall–Kier alpha value is -1.35. The number of rotatable bonds is 6. The predicted octanol–water partition coefficient (Wildman–Crippen LogP) is 3.74. The maximum atomic E-state index is 5.88. The minimum absolute atomic E-state index is 0.508. The molecule has 0 saturated heterocycles. The molecule has 0 amide bonds. The van der Waals surface area contributed by atoms with Gasteiger partial charge in [-0.05, 0) is 12.5 Å². The summed E-state index contributed by atoms with van der Waals surface area (Å²) in [5.41, 5.74) is 2.08. The molecule has 0 fully saturated rings. The Labute approximate surface area is 113 Å². The number of allylic oxidation sites excluding steroid dienone is 1. The summed E-state index contributed by atoms with van der Waals surface area (Å²) in [5, 5.41) is 0. The van der Waals surface area contributed by atoms with Crippen LogP contribution in [0.2, 0.25) is 0 Å². The van der Waals surface area contributed by atoms with Gasteiger partial charge >= 0.3 is 0 Å². The first kappa shape index (κ1) is 14.7. The van der Waals surface area contributed by atoms with Crippen LogP contribution >= 0.6 is 11.6 Å². The van der Waals surface area contributed by atoms with E-state index in [1.165, 1.54) is 0 Å². The van der Waals surface area contributed by atoms with Crippen molar-refractivity contribution in [3.8, 4) is 17.2 Å². The van der Waals surface area contributed by atoms with E-state index in [0.29, 0.717) is 17.4 Å². The molecule has 18 heavy (non-hydrogen) atoms. The van der Waals surface area contributed by atoms with Crippen molar-refractivity contribution in [3.63, 3.8) is 0 Å². The monoisotopic (exact) mass is 270 g/mol. The van der Waals surface area contributed by atoms with E-state index in [9.17, 15) is 0 Å². The Bertz CT molecular complexity index is 421. The first-order valence-corrected chi connectivity index (χ1v) is 6.29. The Morgan fingerprint density at radius 3 is 2.06 bits per heavy atom. The third-order valence-electron chi connectivity index (χ3n) is 2.72. The Morgan fingerprint density at radius 2 is 1.61 bits per heavy atom. The molecule has 3 nitrogen and oxygen atoms in total. The van der Waals surface area contributed by atoms with E-state index in [1.54, 1.807) is 21.3 Å². The van der Waals surface area contributed by atoms with Crippen molar-refractivity contribution in [2.45, 2.75) is 13.3 Å². The fourth-order valence-corrected chi connectivity index (χ4v) is 1.89. The van der Waals surface area contributed by atoms with Gasteiger partial charge in [-0.1, -0.05) is 18.6 Å². The van der Waals surface area contributed by atoms with Gasteiger partial charge in [-0.25, -0.2) is 0 Å². The van der Waals surface area contributed by atoms with E-state index in [1.807, 2.05) is 18.2 Å². The largest absolute Gasteiger partial charge is 0.496 e. The molecule has 0 saturated carbocycles. The summed E-state index contributed by atoms with van der Waals surface area (Å²) >= 11 is 5.88. The summed E-state index contributed by atoms with van der Waals surface area (Å²) in [6.45, 7) is 2.07. The predicted molar refractivity (Wildman–Crippen MR) is 75.1 cm³/mol. The summed E-state index contributed by atoms with van der Waals surface area (Å²) in [4.78, 5) is 0. The number of methoxy groups -OCH3 is 3. The van der Waals surface area contributed by atoms with Gasteiger partial charge in [0.2, 0.25) is 0 Å². The van der Waals surface area contributed by atoms with E-state index < -0.39 is 0 Å². The molecule has 0 spiro atoms. The summed E-state index contributed by atoms with van der Waals surface area (Å²) in [7, 11) is 4.84. The molecule has 0 N–H and O–H groups in total. The van der Waals surface area contributed by atoms with E-state index in [-0.39, 0.29) is 0 Å². The molecule has 0 aliphatic rings. The number of hydrogen-bond donors (Lipinski definition) is 0. The van der Waals surface area contributed by atoms with Crippen LogP contribution in [-0.4, -0.2) is 27.2 Å². The van der Waals surface area contributed by atoms with Gasteiger partial charge in [-0.3, -0.25) is 0 Å². The molecular formula is C14H19ClO3. The average molecular weight is 271 g/mol. The molecule has 0 atom stereocenters. The summed E-state index contributed by atoms with van der Waals surface area (Å²) in [6.07, 6.45) is 2.93. The zero-order chi connectivity index (χ0) is 13.5. The maximum absolute atomic E-state index is 5.88. The molecule has 1 aromatic rings. The second-order valence-electron chi connectivity index (χ2n) is 3.74. The Kier molecular flexibility index (Phi) is 5.86. The third-order valence-corrected chi connectivity index (χ3v) is 3.06. The lowest BCUT2D eigenvalue weighted by atomic mass is 10.1. The van der Waals surface area contributed by atoms with Crippen molar-refractivity contribution < 1.29 is 14.2 Å². The Morgan fingerprint density at radius 1 is 1.06 bits per heavy atom. The molecule has 1 aromatic carbocycles. The topological polar surface area (TPSA) is 27.7 Å². The smallest absolute Gasteiger partial charge is 0.164 e. The quantitative estimate of drug-likeness (QED) is 0.737. The highest BCUT2D eigenvalue weighted by atomic mass is 35.5. The Balaban J connectivity index is 3.29. The zero-order valence-electron chi connectivity index (χ0n) is 11.2. The van der Waals surface area contributed by atoms with Gasteiger partial charge in [0.15, 0.2) is 11.5 Å². The van der Waals surface area contributed by atoms with Crippen LogP contribution in [0.4, 0.5) is 0 Å².